The fourth-order valence-electron chi connectivity index (χ4n) is 2.24. The Morgan fingerprint density at radius 2 is 1.85 bits per heavy atom. The van der Waals surface area contributed by atoms with Crippen molar-refractivity contribution >= 4 is 23.1 Å². The first-order chi connectivity index (χ1) is 12.3. The Hall–Kier alpha value is -3.22. The number of ether oxygens (including phenoxy) is 1. The molecular weight excluding hydrogens is 336 g/mol. The van der Waals surface area contributed by atoms with Crippen LogP contribution in [-0.4, -0.2) is 23.2 Å². The number of carbonyl (C=O) groups is 2. The highest BCUT2D eigenvalue weighted by atomic mass is 16.6. The number of ketones is 1. The van der Waals surface area contributed by atoms with Gasteiger partial charge in [-0.15, -0.1) is 0 Å². The molecule has 0 aliphatic rings. The second-order valence-electron chi connectivity index (χ2n) is 6.19. The van der Waals surface area contributed by atoms with E-state index in [1.54, 1.807) is 30.3 Å². The molecule has 0 aromatic heterocycles. The third-order valence-electron chi connectivity index (χ3n) is 3.48. The minimum absolute atomic E-state index is 0.0759. The lowest BCUT2D eigenvalue weighted by atomic mass is 10.1. The predicted molar refractivity (Wildman–Crippen MR) is 97.4 cm³/mol. The number of anilines is 1. The third kappa shape index (κ3) is 5.70. The van der Waals surface area contributed by atoms with Crippen LogP contribution in [0.4, 0.5) is 11.4 Å². The van der Waals surface area contributed by atoms with Crippen LogP contribution >= 0.6 is 0 Å². The zero-order valence-corrected chi connectivity index (χ0v) is 14.6. The minimum atomic E-state index is -0.527. The van der Waals surface area contributed by atoms with E-state index in [9.17, 15) is 19.7 Å². The standard InChI is InChI=1S/C19H20N2O5/c1-13(2)10-19(23)20-15-8-6-14(7-9-15)18(22)12-26-17-5-3-4-16(11-17)21(24)25/h3-9,11,13H,10,12H2,1-2H3,(H,20,23). The molecule has 2 rings (SSSR count). The summed E-state index contributed by atoms with van der Waals surface area (Å²) in [6.07, 6.45) is 0.428. The Balaban J connectivity index is 1.92. The van der Waals surface area contributed by atoms with Crippen LogP contribution in [0.2, 0.25) is 0 Å². The number of rotatable bonds is 8. The van der Waals surface area contributed by atoms with Crippen molar-refractivity contribution in [3.63, 3.8) is 0 Å². The number of hydrogen-bond donors (Lipinski definition) is 1. The van der Waals surface area contributed by atoms with Gasteiger partial charge < -0.3 is 10.1 Å². The van der Waals surface area contributed by atoms with Crippen LogP contribution < -0.4 is 10.1 Å². The van der Waals surface area contributed by atoms with Crippen molar-refractivity contribution in [2.75, 3.05) is 11.9 Å². The number of hydrogen-bond acceptors (Lipinski definition) is 5. The highest BCUT2D eigenvalue weighted by Crippen LogP contribution is 2.19. The largest absolute Gasteiger partial charge is 0.485 e. The van der Waals surface area contributed by atoms with E-state index in [1.165, 1.54) is 18.2 Å². The van der Waals surface area contributed by atoms with Gasteiger partial charge in [-0.05, 0) is 36.2 Å². The van der Waals surface area contributed by atoms with Crippen LogP contribution in [0, 0.1) is 16.0 Å². The van der Waals surface area contributed by atoms with Crippen molar-refractivity contribution in [3.8, 4) is 5.75 Å². The number of non-ortho nitro benzene ring substituents is 1. The molecule has 0 unspecified atom stereocenters. The summed E-state index contributed by atoms with van der Waals surface area (Å²) >= 11 is 0. The van der Waals surface area contributed by atoms with Crippen LogP contribution in [0.5, 0.6) is 5.75 Å². The summed E-state index contributed by atoms with van der Waals surface area (Å²) in [5.41, 5.74) is 0.945. The maximum Gasteiger partial charge on any atom is 0.273 e. The molecule has 0 heterocycles. The predicted octanol–water partition coefficient (Wildman–Crippen LogP) is 3.84. The first kappa shape index (κ1) is 19.1. The molecule has 136 valence electrons. The van der Waals surface area contributed by atoms with Gasteiger partial charge in [-0.25, -0.2) is 0 Å². The number of amides is 1. The van der Waals surface area contributed by atoms with Crippen LogP contribution in [-0.2, 0) is 4.79 Å². The van der Waals surface area contributed by atoms with Gasteiger partial charge in [0, 0.05) is 23.7 Å². The zero-order valence-electron chi connectivity index (χ0n) is 14.6. The normalized spacial score (nSPS) is 10.4. The first-order valence-electron chi connectivity index (χ1n) is 8.15. The van der Waals surface area contributed by atoms with Gasteiger partial charge in [0.2, 0.25) is 5.91 Å². The fourth-order valence-corrected chi connectivity index (χ4v) is 2.24. The quantitative estimate of drug-likeness (QED) is 0.440. The molecule has 0 fully saturated rings. The summed E-state index contributed by atoms with van der Waals surface area (Å²) in [6, 6.07) is 12.2. The molecule has 1 N–H and O–H groups in total. The van der Waals surface area contributed by atoms with E-state index in [1.807, 2.05) is 13.8 Å². The number of carbonyl (C=O) groups excluding carboxylic acids is 2. The Labute approximate surface area is 151 Å². The van der Waals surface area contributed by atoms with Gasteiger partial charge in [0.05, 0.1) is 11.0 Å². The number of nitrogens with one attached hydrogen (secondary N) is 1. The van der Waals surface area contributed by atoms with Crippen molar-refractivity contribution in [2.45, 2.75) is 20.3 Å². The van der Waals surface area contributed by atoms with Crippen LogP contribution in [0.3, 0.4) is 0 Å². The van der Waals surface area contributed by atoms with E-state index in [0.717, 1.165) is 0 Å². The minimum Gasteiger partial charge on any atom is -0.485 e. The summed E-state index contributed by atoms with van der Waals surface area (Å²) in [6.45, 7) is 3.69. The van der Waals surface area contributed by atoms with E-state index in [2.05, 4.69) is 5.32 Å². The first-order valence-corrected chi connectivity index (χ1v) is 8.15. The fraction of sp³-hybridized carbons (Fsp3) is 0.263. The lowest BCUT2D eigenvalue weighted by Gasteiger charge is -2.08. The van der Waals surface area contributed by atoms with Crippen molar-refractivity contribution < 1.29 is 19.2 Å². The average molecular weight is 356 g/mol. The highest BCUT2D eigenvalue weighted by Gasteiger charge is 2.11. The Morgan fingerprint density at radius 3 is 2.46 bits per heavy atom. The number of nitrogens with zero attached hydrogens (tertiary/aromatic N) is 1. The third-order valence-corrected chi connectivity index (χ3v) is 3.48. The molecule has 2 aromatic rings. The van der Waals surface area contributed by atoms with Crippen LogP contribution in [0.1, 0.15) is 30.6 Å². The lowest BCUT2D eigenvalue weighted by molar-refractivity contribution is -0.384. The molecule has 7 nitrogen and oxygen atoms in total. The van der Waals surface area contributed by atoms with Crippen molar-refractivity contribution in [1.82, 2.24) is 0 Å². The topological polar surface area (TPSA) is 98.5 Å². The van der Waals surface area contributed by atoms with Gasteiger partial charge in [-0.3, -0.25) is 19.7 Å². The van der Waals surface area contributed by atoms with E-state index < -0.39 is 4.92 Å². The van der Waals surface area contributed by atoms with Crippen LogP contribution in [0.15, 0.2) is 48.5 Å². The van der Waals surface area contributed by atoms with E-state index in [0.29, 0.717) is 17.7 Å². The average Bonchev–Trinajstić information content (AvgIpc) is 2.59. The summed E-state index contributed by atoms with van der Waals surface area (Å²) in [5.74, 6) is 0.177. The number of nitro benzene ring substituents is 1. The molecule has 0 aliphatic carbocycles. The lowest BCUT2D eigenvalue weighted by Crippen LogP contribution is -2.14. The van der Waals surface area contributed by atoms with Gasteiger partial charge in [-0.2, -0.15) is 0 Å². The zero-order chi connectivity index (χ0) is 19.1. The van der Waals surface area contributed by atoms with Crippen molar-refractivity contribution in [3.05, 3.63) is 64.2 Å². The molecule has 0 atom stereocenters. The Bertz CT molecular complexity index is 800. The summed E-state index contributed by atoms with van der Waals surface area (Å²) in [5, 5.41) is 13.5. The summed E-state index contributed by atoms with van der Waals surface area (Å²) in [4.78, 5) is 34.1. The molecular formula is C19H20N2O5. The number of nitro groups is 1. The molecule has 7 heteroatoms. The molecule has 0 aliphatic heterocycles. The van der Waals surface area contributed by atoms with Crippen molar-refractivity contribution in [1.29, 1.82) is 0 Å². The molecule has 1 amide bonds. The van der Waals surface area contributed by atoms with Gasteiger partial charge in [0.1, 0.15) is 5.75 Å². The summed E-state index contributed by atoms with van der Waals surface area (Å²) in [7, 11) is 0. The molecule has 0 spiro atoms. The Morgan fingerprint density at radius 1 is 1.15 bits per heavy atom. The maximum atomic E-state index is 12.2. The smallest absolute Gasteiger partial charge is 0.273 e. The maximum absolute atomic E-state index is 12.2. The second-order valence-corrected chi connectivity index (χ2v) is 6.19. The monoisotopic (exact) mass is 356 g/mol. The van der Waals surface area contributed by atoms with Crippen molar-refractivity contribution in [2.24, 2.45) is 5.92 Å². The van der Waals surface area contributed by atoms with Gasteiger partial charge >= 0.3 is 0 Å². The van der Waals surface area contributed by atoms with Gasteiger partial charge in [0.15, 0.2) is 12.4 Å². The van der Waals surface area contributed by atoms with Gasteiger partial charge in [-0.1, -0.05) is 19.9 Å². The molecule has 0 saturated heterocycles. The summed E-state index contributed by atoms with van der Waals surface area (Å²) < 4.78 is 5.33. The van der Waals surface area contributed by atoms with Gasteiger partial charge in [0.25, 0.3) is 5.69 Å². The highest BCUT2D eigenvalue weighted by molar-refractivity contribution is 5.98. The van der Waals surface area contributed by atoms with E-state index >= 15 is 0 Å². The molecule has 0 bridgehead atoms. The molecule has 0 saturated carbocycles. The molecule has 2 aromatic carbocycles. The number of benzene rings is 2. The Kier molecular flexibility index (Phi) is 6.43. The van der Waals surface area contributed by atoms with E-state index in [4.69, 9.17) is 4.74 Å². The van der Waals surface area contributed by atoms with Crippen LogP contribution in [0.25, 0.3) is 0 Å². The van der Waals surface area contributed by atoms with E-state index in [-0.39, 0.29) is 35.7 Å². The molecule has 26 heavy (non-hydrogen) atoms. The second kappa shape index (κ2) is 8.75. The number of Topliss-reactive ketones (excluding diaryl/α,β-unsaturated/α-hetero) is 1. The SMILES string of the molecule is CC(C)CC(=O)Nc1ccc(C(=O)COc2cccc([N+](=O)[O-])c2)cc1. The molecule has 0 radical (unpaired) electrons.